The van der Waals surface area contributed by atoms with Gasteiger partial charge in [-0.2, -0.15) is 0 Å². The maximum absolute atomic E-state index is 11.8. The first-order valence-corrected chi connectivity index (χ1v) is 8.86. The van der Waals surface area contributed by atoms with Crippen LogP contribution in [0, 0.1) is 13.8 Å². The summed E-state index contributed by atoms with van der Waals surface area (Å²) in [7, 11) is 0. The molecule has 2 N–H and O–H groups in total. The van der Waals surface area contributed by atoms with Crippen molar-refractivity contribution in [3.8, 4) is 0 Å². The van der Waals surface area contributed by atoms with Crippen LogP contribution >= 0.6 is 0 Å². The molecule has 4 heteroatoms. The molecule has 0 aliphatic carbocycles. The number of rotatable bonds is 7. The number of amides is 1. The highest BCUT2D eigenvalue weighted by atomic mass is 16.2. The predicted molar refractivity (Wildman–Crippen MR) is 95.5 cm³/mol. The van der Waals surface area contributed by atoms with E-state index < -0.39 is 0 Å². The maximum atomic E-state index is 11.8. The molecular weight excluding hydrogens is 286 g/mol. The van der Waals surface area contributed by atoms with Crippen LogP contribution in [0.15, 0.2) is 18.2 Å². The van der Waals surface area contributed by atoms with Crippen LogP contribution in [-0.2, 0) is 11.3 Å². The number of nitrogens with one attached hydrogen (secondary N) is 2. The van der Waals surface area contributed by atoms with Crippen molar-refractivity contribution < 1.29 is 4.79 Å². The second kappa shape index (κ2) is 9.04. The quantitative estimate of drug-likeness (QED) is 0.811. The second-order valence-electron chi connectivity index (χ2n) is 6.78. The van der Waals surface area contributed by atoms with Gasteiger partial charge in [0, 0.05) is 32.2 Å². The van der Waals surface area contributed by atoms with E-state index in [1.165, 1.54) is 16.7 Å². The molecule has 1 heterocycles. The van der Waals surface area contributed by atoms with Gasteiger partial charge in [-0.25, -0.2) is 0 Å². The fraction of sp³-hybridized carbons (Fsp3) is 0.632. The highest BCUT2D eigenvalue weighted by molar-refractivity contribution is 5.77. The number of nitrogens with zero attached hydrogens (tertiary/aromatic N) is 1. The van der Waals surface area contributed by atoms with Crippen molar-refractivity contribution in [2.24, 2.45) is 0 Å². The summed E-state index contributed by atoms with van der Waals surface area (Å²) in [5.74, 6) is 0.161. The highest BCUT2D eigenvalue weighted by Gasteiger charge is 2.20. The Morgan fingerprint density at radius 2 is 1.83 bits per heavy atom. The third kappa shape index (κ3) is 6.32. The van der Waals surface area contributed by atoms with Crippen LogP contribution in [0.3, 0.4) is 0 Å². The zero-order valence-electron chi connectivity index (χ0n) is 14.8. The molecule has 1 saturated heterocycles. The Morgan fingerprint density at radius 1 is 1.17 bits per heavy atom. The van der Waals surface area contributed by atoms with Crippen LogP contribution in [0.4, 0.5) is 0 Å². The molecule has 23 heavy (non-hydrogen) atoms. The van der Waals surface area contributed by atoms with Crippen molar-refractivity contribution in [1.29, 1.82) is 0 Å². The fourth-order valence-electron chi connectivity index (χ4n) is 3.25. The Morgan fingerprint density at radius 3 is 2.43 bits per heavy atom. The Kier molecular flexibility index (Phi) is 7.06. The van der Waals surface area contributed by atoms with Crippen molar-refractivity contribution in [3.63, 3.8) is 0 Å². The van der Waals surface area contributed by atoms with Gasteiger partial charge in [-0.1, -0.05) is 36.2 Å². The summed E-state index contributed by atoms with van der Waals surface area (Å²) in [6.45, 7) is 10.7. The number of hydrogen-bond donors (Lipinski definition) is 2. The molecule has 128 valence electrons. The lowest BCUT2D eigenvalue weighted by molar-refractivity contribution is -0.122. The SMILES string of the molecule is CCCNC(=O)CN1CCC(NCc2cc(C)cc(C)c2)CC1. The smallest absolute Gasteiger partial charge is 0.234 e. The molecule has 4 nitrogen and oxygen atoms in total. The lowest BCUT2D eigenvalue weighted by Crippen LogP contribution is -2.46. The second-order valence-corrected chi connectivity index (χ2v) is 6.78. The zero-order chi connectivity index (χ0) is 16.7. The Balaban J connectivity index is 1.69. The molecule has 0 aromatic heterocycles. The van der Waals surface area contributed by atoms with Crippen molar-refractivity contribution in [1.82, 2.24) is 15.5 Å². The number of piperidine rings is 1. The number of hydrogen-bond acceptors (Lipinski definition) is 3. The van der Waals surface area contributed by atoms with Gasteiger partial charge in [0.05, 0.1) is 6.54 Å². The Hall–Kier alpha value is -1.39. The van der Waals surface area contributed by atoms with Gasteiger partial charge in [-0.05, 0) is 38.7 Å². The standard InChI is InChI=1S/C19H31N3O/c1-4-7-20-19(23)14-22-8-5-18(6-9-22)21-13-17-11-15(2)10-16(3)12-17/h10-12,18,21H,4-9,13-14H2,1-3H3,(H,20,23). The van der Waals surface area contributed by atoms with Crippen molar-refractivity contribution >= 4 is 5.91 Å². The van der Waals surface area contributed by atoms with Crippen LogP contribution < -0.4 is 10.6 Å². The Labute approximate surface area is 140 Å². The molecular formula is C19H31N3O. The number of aryl methyl sites for hydroxylation is 2. The molecule has 1 aromatic rings. The molecule has 2 rings (SSSR count). The van der Waals surface area contributed by atoms with Gasteiger partial charge < -0.3 is 10.6 Å². The summed E-state index contributed by atoms with van der Waals surface area (Å²) in [6.07, 6.45) is 3.23. The van der Waals surface area contributed by atoms with Crippen LogP contribution in [-0.4, -0.2) is 43.0 Å². The summed E-state index contributed by atoms with van der Waals surface area (Å²) in [6, 6.07) is 7.29. The van der Waals surface area contributed by atoms with Crippen molar-refractivity contribution in [2.75, 3.05) is 26.2 Å². The summed E-state index contributed by atoms with van der Waals surface area (Å²) >= 11 is 0. The third-order valence-electron chi connectivity index (χ3n) is 4.40. The number of likely N-dealkylation sites (tertiary alicyclic amines) is 1. The number of carbonyl (C=O) groups is 1. The largest absolute Gasteiger partial charge is 0.355 e. The van der Waals surface area contributed by atoms with E-state index in [2.05, 4.69) is 54.5 Å². The minimum absolute atomic E-state index is 0.161. The number of carbonyl (C=O) groups excluding carboxylic acids is 1. The van der Waals surface area contributed by atoms with E-state index in [1.807, 2.05) is 0 Å². The van der Waals surface area contributed by atoms with Crippen molar-refractivity contribution in [2.45, 2.75) is 52.6 Å². The summed E-state index contributed by atoms with van der Waals surface area (Å²) in [5.41, 5.74) is 4.02. The topological polar surface area (TPSA) is 44.4 Å². The van der Waals surface area contributed by atoms with Gasteiger partial charge in [0.25, 0.3) is 0 Å². The van der Waals surface area contributed by atoms with Gasteiger partial charge in [0.1, 0.15) is 0 Å². The van der Waals surface area contributed by atoms with E-state index in [9.17, 15) is 4.79 Å². The van der Waals surface area contributed by atoms with Crippen LogP contribution in [0.1, 0.15) is 42.9 Å². The van der Waals surface area contributed by atoms with E-state index in [0.717, 1.165) is 45.4 Å². The molecule has 1 amide bonds. The summed E-state index contributed by atoms with van der Waals surface area (Å²) < 4.78 is 0. The normalized spacial score (nSPS) is 16.5. The lowest BCUT2D eigenvalue weighted by Gasteiger charge is -2.32. The molecule has 0 bridgehead atoms. The van der Waals surface area contributed by atoms with E-state index in [0.29, 0.717) is 12.6 Å². The molecule has 0 spiro atoms. The third-order valence-corrected chi connectivity index (χ3v) is 4.40. The molecule has 1 aliphatic heterocycles. The summed E-state index contributed by atoms with van der Waals surface area (Å²) in [5, 5.41) is 6.63. The molecule has 1 aliphatic rings. The van der Waals surface area contributed by atoms with Gasteiger partial charge >= 0.3 is 0 Å². The van der Waals surface area contributed by atoms with E-state index in [-0.39, 0.29) is 5.91 Å². The van der Waals surface area contributed by atoms with Crippen LogP contribution in [0.2, 0.25) is 0 Å². The highest BCUT2D eigenvalue weighted by Crippen LogP contribution is 2.13. The molecule has 0 radical (unpaired) electrons. The van der Waals surface area contributed by atoms with Gasteiger partial charge in [0.2, 0.25) is 5.91 Å². The van der Waals surface area contributed by atoms with Crippen LogP contribution in [0.5, 0.6) is 0 Å². The van der Waals surface area contributed by atoms with Crippen LogP contribution in [0.25, 0.3) is 0 Å². The van der Waals surface area contributed by atoms with Crippen molar-refractivity contribution in [3.05, 3.63) is 34.9 Å². The van der Waals surface area contributed by atoms with E-state index in [1.54, 1.807) is 0 Å². The molecule has 0 atom stereocenters. The van der Waals surface area contributed by atoms with E-state index >= 15 is 0 Å². The summed E-state index contributed by atoms with van der Waals surface area (Å²) in [4.78, 5) is 14.0. The molecule has 0 unspecified atom stereocenters. The average molecular weight is 317 g/mol. The maximum Gasteiger partial charge on any atom is 0.234 e. The van der Waals surface area contributed by atoms with E-state index in [4.69, 9.17) is 0 Å². The zero-order valence-corrected chi connectivity index (χ0v) is 14.8. The predicted octanol–water partition coefficient (Wildman–Crippen LogP) is 2.38. The molecule has 1 aromatic carbocycles. The first kappa shape index (κ1) is 18.0. The van der Waals surface area contributed by atoms with Gasteiger partial charge in [0.15, 0.2) is 0 Å². The minimum Gasteiger partial charge on any atom is -0.355 e. The lowest BCUT2D eigenvalue weighted by atomic mass is 10.0. The Bertz CT molecular complexity index is 487. The molecule has 0 saturated carbocycles. The van der Waals surface area contributed by atoms with Gasteiger partial charge in [-0.15, -0.1) is 0 Å². The first-order chi connectivity index (χ1) is 11.1. The average Bonchev–Trinajstić information content (AvgIpc) is 2.51. The first-order valence-electron chi connectivity index (χ1n) is 8.86. The fourth-order valence-corrected chi connectivity index (χ4v) is 3.25. The minimum atomic E-state index is 0.161. The number of benzene rings is 1. The van der Waals surface area contributed by atoms with Gasteiger partial charge in [-0.3, -0.25) is 9.69 Å². The monoisotopic (exact) mass is 317 g/mol. The molecule has 1 fully saturated rings.